The third kappa shape index (κ3) is 13.6. The maximum atomic E-state index is 10.3. The first-order valence-corrected chi connectivity index (χ1v) is 9.35. The third-order valence-corrected chi connectivity index (χ3v) is 3.26. The molecule has 0 aromatic heterocycles. The fraction of sp³-hybridized carbons (Fsp3) is 0.217. The van der Waals surface area contributed by atoms with Gasteiger partial charge in [-0.3, -0.25) is 4.79 Å². The Labute approximate surface area is 172 Å². The van der Waals surface area contributed by atoms with Gasteiger partial charge in [0.25, 0.3) is 0 Å². The summed E-state index contributed by atoms with van der Waals surface area (Å²) < 4.78 is 5.11. The number of halogens is 2. The Kier molecular flexibility index (Phi) is 14.6. The van der Waals surface area contributed by atoms with E-state index in [1.165, 1.54) is 17.4 Å². The zero-order valence-electron chi connectivity index (χ0n) is 15.9. The molecule has 2 nitrogen and oxygen atoms in total. The average molecular weight is 405 g/mol. The van der Waals surface area contributed by atoms with Gasteiger partial charge in [0, 0.05) is 6.42 Å². The predicted octanol–water partition coefficient (Wildman–Crippen LogP) is 6.52. The maximum absolute atomic E-state index is 10.3. The molecule has 2 aromatic rings. The van der Waals surface area contributed by atoms with Crippen LogP contribution in [-0.4, -0.2) is 11.6 Å². The number of hydrogen-bond acceptors (Lipinski definition) is 2. The Morgan fingerprint density at radius 1 is 1.00 bits per heavy atom. The quantitative estimate of drug-likeness (QED) is 0.180. The minimum Gasteiger partial charge on any atom is -0.488 e. The molecule has 0 heterocycles. The molecule has 0 unspecified atom stereocenters. The molecule has 0 spiro atoms. The SMILES string of the molecule is C=C(C=O)Cc1ccc(C)cc1.C=C=COCc1ccc(C)cc1.ClCCl. The van der Waals surface area contributed by atoms with Gasteiger partial charge in [-0.2, -0.15) is 0 Å². The number of aldehydes is 1. The van der Waals surface area contributed by atoms with Crippen molar-refractivity contribution >= 4 is 29.5 Å². The molecular weight excluding hydrogens is 379 g/mol. The van der Waals surface area contributed by atoms with Crippen LogP contribution in [-0.2, 0) is 22.6 Å². The van der Waals surface area contributed by atoms with Crippen molar-refractivity contribution in [2.75, 3.05) is 5.34 Å². The molecule has 0 saturated carbocycles. The van der Waals surface area contributed by atoms with Crippen molar-refractivity contribution in [3.8, 4) is 0 Å². The molecule has 0 fully saturated rings. The number of ether oxygens (including phenoxy) is 1. The number of carbonyl (C=O) groups excluding carboxylic acids is 1. The first-order chi connectivity index (χ1) is 13.0. The van der Waals surface area contributed by atoms with Crippen LogP contribution < -0.4 is 0 Å². The number of rotatable bonds is 6. The van der Waals surface area contributed by atoms with Gasteiger partial charge in [-0.25, -0.2) is 0 Å². The number of benzene rings is 2. The number of allylic oxidation sites excluding steroid dienone is 1. The minimum absolute atomic E-state index is 0.194. The molecule has 0 atom stereocenters. The van der Waals surface area contributed by atoms with E-state index >= 15 is 0 Å². The molecule has 0 bridgehead atoms. The van der Waals surface area contributed by atoms with E-state index in [2.05, 4.69) is 37.9 Å². The minimum atomic E-state index is 0.194. The zero-order valence-corrected chi connectivity index (χ0v) is 17.4. The largest absolute Gasteiger partial charge is 0.488 e. The van der Waals surface area contributed by atoms with Gasteiger partial charge in [0.2, 0.25) is 0 Å². The van der Waals surface area contributed by atoms with E-state index in [-0.39, 0.29) is 5.34 Å². The Hall–Kier alpha value is -2.25. The topological polar surface area (TPSA) is 26.3 Å². The molecule has 0 N–H and O–H groups in total. The van der Waals surface area contributed by atoms with E-state index in [1.54, 1.807) is 0 Å². The van der Waals surface area contributed by atoms with Crippen molar-refractivity contribution in [2.24, 2.45) is 0 Å². The van der Waals surface area contributed by atoms with Crippen LogP contribution >= 0.6 is 23.2 Å². The lowest BCUT2D eigenvalue weighted by atomic mass is 10.1. The molecule has 27 heavy (non-hydrogen) atoms. The monoisotopic (exact) mass is 404 g/mol. The standard InChI is InChI=1S/2C11H12O.CH2Cl2/c1-9-3-5-11(6-4-9)7-10(2)8-12;1-3-8-12-9-11-6-4-10(2)5-7-11;2-1-3/h3-6,8H,2,7H2,1H3;4-8H,1,9H2,2H3;1H2. The fourth-order valence-electron chi connectivity index (χ4n) is 1.89. The number of carbonyl (C=O) groups is 1. The molecule has 0 aliphatic carbocycles. The highest BCUT2D eigenvalue weighted by molar-refractivity contribution is 6.40. The Balaban J connectivity index is 0.000000438. The van der Waals surface area contributed by atoms with Gasteiger partial charge < -0.3 is 4.74 Å². The molecule has 0 radical (unpaired) electrons. The highest BCUT2D eigenvalue weighted by Gasteiger charge is 1.94. The van der Waals surface area contributed by atoms with Crippen molar-refractivity contribution in [1.29, 1.82) is 0 Å². The molecule has 144 valence electrons. The summed E-state index contributed by atoms with van der Waals surface area (Å²) in [6.45, 7) is 11.7. The van der Waals surface area contributed by atoms with Gasteiger partial charge in [0.15, 0.2) is 0 Å². The molecule has 0 amide bonds. The van der Waals surface area contributed by atoms with E-state index in [1.807, 2.05) is 43.3 Å². The van der Waals surface area contributed by atoms with Crippen LogP contribution in [0.5, 0.6) is 0 Å². The third-order valence-electron chi connectivity index (χ3n) is 3.26. The van der Waals surface area contributed by atoms with Crippen LogP contribution in [0.4, 0.5) is 0 Å². The van der Waals surface area contributed by atoms with Crippen molar-refractivity contribution < 1.29 is 9.53 Å². The summed E-state index contributed by atoms with van der Waals surface area (Å²) >= 11 is 9.53. The summed E-state index contributed by atoms with van der Waals surface area (Å²) in [4.78, 5) is 10.3. The van der Waals surface area contributed by atoms with Crippen LogP contribution in [0.1, 0.15) is 22.3 Å². The van der Waals surface area contributed by atoms with Crippen molar-refractivity contribution in [2.45, 2.75) is 26.9 Å². The van der Waals surface area contributed by atoms with Crippen molar-refractivity contribution in [1.82, 2.24) is 0 Å². The van der Waals surface area contributed by atoms with Gasteiger partial charge in [0.1, 0.15) is 19.2 Å². The van der Waals surface area contributed by atoms with Gasteiger partial charge in [0.05, 0.1) is 5.34 Å². The molecule has 0 aliphatic heterocycles. The number of aryl methyl sites for hydroxylation is 2. The number of hydrogen-bond donors (Lipinski definition) is 0. The lowest BCUT2D eigenvalue weighted by molar-refractivity contribution is -0.104. The zero-order chi connectivity index (χ0) is 20.5. The first-order valence-electron chi connectivity index (χ1n) is 8.28. The van der Waals surface area contributed by atoms with Crippen molar-refractivity contribution in [3.63, 3.8) is 0 Å². The Morgan fingerprint density at radius 3 is 1.85 bits per heavy atom. The van der Waals surface area contributed by atoms with Crippen molar-refractivity contribution in [3.05, 3.63) is 102 Å². The lowest BCUT2D eigenvalue weighted by Crippen LogP contribution is -1.89. The second kappa shape index (κ2) is 16.0. The summed E-state index contributed by atoms with van der Waals surface area (Å²) in [5.41, 5.74) is 7.97. The summed E-state index contributed by atoms with van der Waals surface area (Å²) in [7, 11) is 0. The summed E-state index contributed by atoms with van der Waals surface area (Å²) in [5, 5.41) is 0.194. The van der Waals surface area contributed by atoms with Crippen LogP contribution in [0.2, 0.25) is 0 Å². The Morgan fingerprint density at radius 2 is 1.44 bits per heavy atom. The summed E-state index contributed by atoms with van der Waals surface area (Å²) in [6.07, 6.45) is 2.93. The second-order valence-electron chi connectivity index (χ2n) is 5.66. The number of alkyl halides is 2. The second-order valence-corrected chi connectivity index (χ2v) is 6.47. The predicted molar refractivity (Wildman–Crippen MR) is 116 cm³/mol. The van der Waals surface area contributed by atoms with E-state index < -0.39 is 0 Å². The molecule has 2 aromatic carbocycles. The van der Waals surface area contributed by atoms with Gasteiger partial charge in [-0.15, -0.1) is 23.2 Å². The first kappa shape index (κ1) is 24.8. The molecule has 4 heteroatoms. The van der Waals surface area contributed by atoms with Crippen LogP contribution in [0.25, 0.3) is 0 Å². The van der Waals surface area contributed by atoms with Crippen LogP contribution in [0.3, 0.4) is 0 Å². The smallest absolute Gasteiger partial charge is 0.145 e. The Bertz CT molecular complexity index is 713. The lowest BCUT2D eigenvalue weighted by Gasteiger charge is -1.99. The fourth-order valence-corrected chi connectivity index (χ4v) is 1.89. The van der Waals surface area contributed by atoms with Gasteiger partial charge in [-0.1, -0.05) is 78.5 Å². The van der Waals surface area contributed by atoms with Gasteiger partial charge in [-0.05, 0) is 30.5 Å². The molecule has 2 rings (SSSR count). The summed E-state index contributed by atoms with van der Waals surface area (Å²) in [5.74, 6) is 0. The highest BCUT2D eigenvalue weighted by atomic mass is 35.5. The van der Waals surface area contributed by atoms with Crippen LogP contribution in [0, 0.1) is 13.8 Å². The average Bonchev–Trinajstić information content (AvgIpc) is 2.66. The maximum Gasteiger partial charge on any atom is 0.145 e. The van der Waals surface area contributed by atoms with E-state index in [9.17, 15) is 4.79 Å². The summed E-state index contributed by atoms with van der Waals surface area (Å²) in [6, 6.07) is 16.3. The van der Waals surface area contributed by atoms with E-state index in [0.29, 0.717) is 18.6 Å². The van der Waals surface area contributed by atoms with E-state index in [4.69, 9.17) is 27.9 Å². The van der Waals surface area contributed by atoms with Gasteiger partial charge >= 0.3 is 0 Å². The molecule has 0 aliphatic rings. The normalized spacial score (nSPS) is 8.74. The van der Waals surface area contributed by atoms with Crippen LogP contribution in [0.15, 0.2) is 79.3 Å². The highest BCUT2D eigenvalue weighted by Crippen LogP contribution is 2.06. The van der Waals surface area contributed by atoms with E-state index in [0.717, 1.165) is 17.4 Å². The molecular formula is C23H26Cl2O2. The molecule has 0 saturated heterocycles.